The molecule has 0 aliphatic carbocycles. The van der Waals surface area contributed by atoms with E-state index in [0.29, 0.717) is 5.70 Å². The van der Waals surface area contributed by atoms with Crippen LogP contribution in [-0.4, -0.2) is 30.9 Å². The molecule has 5 heteroatoms. The van der Waals surface area contributed by atoms with Crippen LogP contribution >= 0.6 is 0 Å². The van der Waals surface area contributed by atoms with E-state index in [2.05, 4.69) is 4.99 Å². The fourth-order valence-electron chi connectivity index (χ4n) is 1.47. The lowest BCUT2D eigenvalue weighted by molar-refractivity contribution is -0.121. The molecule has 0 radical (unpaired) electrons. The normalized spacial score (nSPS) is 17.5. The van der Waals surface area contributed by atoms with Crippen LogP contribution in [0.3, 0.4) is 0 Å². The lowest BCUT2D eigenvalue weighted by atomic mass is 10.2. The highest BCUT2D eigenvalue weighted by atomic mass is 16.5. The van der Waals surface area contributed by atoms with Gasteiger partial charge in [-0.2, -0.15) is 0 Å². The maximum absolute atomic E-state index is 11.7. The first-order valence-electron chi connectivity index (χ1n) is 5.10. The molecule has 1 heterocycles. The standard InChI is InChI=1S/C12H13N3O2/c1-15-11(16)10(14-12(15)13)7-8-3-5-9(17-2)6-4-8/h3-7H,1-2H3,(H2,13,14). The van der Waals surface area contributed by atoms with E-state index in [1.165, 1.54) is 4.90 Å². The summed E-state index contributed by atoms with van der Waals surface area (Å²) in [4.78, 5) is 17.0. The van der Waals surface area contributed by atoms with E-state index in [1.54, 1.807) is 20.2 Å². The molecule has 2 N–H and O–H groups in total. The summed E-state index contributed by atoms with van der Waals surface area (Å²) in [6, 6.07) is 7.34. The summed E-state index contributed by atoms with van der Waals surface area (Å²) >= 11 is 0. The van der Waals surface area contributed by atoms with E-state index in [1.807, 2.05) is 24.3 Å². The van der Waals surface area contributed by atoms with Crippen molar-refractivity contribution in [1.29, 1.82) is 0 Å². The fourth-order valence-corrected chi connectivity index (χ4v) is 1.47. The summed E-state index contributed by atoms with van der Waals surface area (Å²) in [5.74, 6) is 0.790. The summed E-state index contributed by atoms with van der Waals surface area (Å²) in [5.41, 5.74) is 6.77. The fraction of sp³-hybridized carbons (Fsp3) is 0.167. The Balaban J connectivity index is 2.28. The molecule has 0 aromatic heterocycles. The van der Waals surface area contributed by atoms with Crippen LogP contribution in [0.4, 0.5) is 0 Å². The molecule has 1 aliphatic rings. The van der Waals surface area contributed by atoms with Crippen LogP contribution in [0.2, 0.25) is 0 Å². The molecule has 0 fully saturated rings. The van der Waals surface area contributed by atoms with Crippen molar-refractivity contribution in [2.45, 2.75) is 0 Å². The van der Waals surface area contributed by atoms with E-state index in [4.69, 9.17) is 10.5 Å². The first-order chi connectivity index (χ1) is 8.11. The summed E-state index contributed by atoms with van der Waals surface area (Å²) in [5, 5.41) is 0. The van der Waals surface area contributed by atoms with Gasteiger partial charge in [-0.05, 0) is 23.8 Å². The molecule has 1 aromatic rings. The van der Waals surface area contributed by atoms with Crippen molar-refractivity contribution in [1.82, 2.24) is 4.90 Å². The number of rotatable bonds is 2. The van der Waals surface area contributed by atoms with Crippen LogP contribution in [0, 0.1) is 0 Å². The topological polar surface area (TPSA) is 67.9 Å². The molecule has 1 aromatic carbocycles. The molecule has 0 atom stereocenters. The largest absolute Gasteiger partial charge is 0.497 e. The minimum absolute atomic E-state index is 0.196. The number of carbonyl (C=O) groups excluding carboxylic acids is 1. The van der Waals surface area contributed by atoms with E-state index in [9.17, 15) is 4.79 Å². The monoisotopic (exact) mass is 231 g/mol. The summed E-state index contributed by atoms with van der Waals surface area (Å²) in [6.45, 7) is 0. The zero-order valence-electron chi connectivity index (χ0n) is 9.68. The number of guanidine groups is 1. The van der Waals surface area contributed by atoms with Crippen molar-refractivity contribution < 1.29 is 9.53 Å². The molecule has 0 unspecified atom stereocenters. The number of hydrogen-bond donors (Lipinski definition) is 1. The molecule has 1 amide bonds. The highest BCUT2D eigenvalue weighted by Gasteiger charge is 2.24. The molecule has 5 nitrogen and oxygen atoms in total. The average molecular weight is 231 g/mol. The van der Waals surface area contributed by atoms with E-state index in [0.717, 1.165) is 11.3 Å². The molecule has 0 saturated heterocycles. The molecule has 0 saturated carbocycles. The number of nitrogens with zero attached hydrogens (tertiary/aromatic N) is 2. The first-order valence-corrected chi connectivity index (χ1v) is 5.10. The van der Waals surface area contributed by atoms with Crippen molar-refractivity contribution >= 4 is 17.9 Å². The second-order valence-corrected chi connectivity index (χ2v) is 3.64. The van der Waals surface area contributed by atoms with Gasteiger partial charge in [-0.15, -0.1) is 0 Å². The van der Waals surface area contributed by atoms with Crippen LogP contribution in [0.25, 0.3) is 6.08 Å². The van der Waals surface area contributed by atoms with Crippen LogP contribution < -0.4 is 10.5 Å². The number of carbonyl (C=O) groups is 1. The minimum Gasteiger partial charge on any atom is -0.497 e. The molecular formula is C12H13N3O2. The van der Waals surface area contributed by atoms with Crippen LogP contribution in [0.15, 0.2) is 35.0 Å². The Hall–Kier alpha value is -2.30. The third kappa shape index (κ3) is 2.13. The third-order valence-electron chi connectivity index (χ3n) is 2.52. The van der Waals surface area contributed by atoms with Gasteiger partial charge >= 0.3 is 0 Å². The van der Waals surface area contributed by atoms with Gasteiger partial charge in [-0.1, -0.05) is 12.1 Å². The molecule has 2 rings (SSSR count). The number of likely N-dealkylation sites (N-methyl/N-ethyl adjacent to an activating group) is 1. The second kappa shape index (κ2) is 4.29. The predicted molar refractivity (Wildman–Crippen MR) is 65.4 cm³/mol. The van der Waals surface area contributed by atoms with Gasteiger partial charge in [0.05, 0.1) is 7.11 Å². The Bertz CT molecular complexity index is 503. The second-order valence-electron chi connectivity index (χ2n) is 3.64. The van der Waals surface area contributed by atoms with Gasteiger partial charge in [0, 0.05) is 7.05 Å². The Morgan fingerprint density at radius 3 is 2.47 bits per heavy atom. The molecule has 88 valence electrons. The van der Waals surface area contributed by atoms with Gasteiger partial charge in [0.2, 0.25) is 5.96 Å². The number of benzene rings is 1. The average Bonchev–Trinajstić information content (AvgIpc) is 2.58. The Morgan fingerprint density at radius 1 is 1.35 bits per heavy atom. The summed E-state index contributed by atoms with van der Waals surface area (Å²) < 4.78 is 5.05. The lowest BCUT2D eigenvalue weighted by Crippen LogP contribution is -2.33. The molecule has 0 bridgehead atoms. The zero-order chi connectivity index (χ0) is 12.4. The number of aliphatic imine (C=N–C) groups is 1. The van der Waals surface area contributed by atoms with Gasteiger partial charge in [-0.3, -0.25) is 9.69 Å². The molecular weight excluding hydrogens is 218 g/mol. The highest BCUT2D eigenvalue weighted by molar-refractivity contribution is 6.12. The summed E-state index contributed by atoms with van der Waals surface area (Å²) in [6.07, 6.45) is 1.69. The smallest absolute Gasteiger partial charge is 0.279 e. The quantitative estimate of drug-likeness (QED) is 0.766. The number of amides is 1. The van der Waals surface area contributed by atoms with Crippen molar-refractivity contribution in [2.75, 3.05) is 14.2 Å². The number of methoxy groups -OCH3 is 1. The SMILES string of the molecule is COc1ccc(C=C2N=C(N)N(C)C2=O)cc1. The van der Waals surface area contributed by atoms with Gasteiger partial charge in [0.15, 0.2) is 0 Å². The molecule has 1 aliphatic heterocycles. The maximum Gasteiger partial charge on any atom is 0.279 e. The number of ether oxygens (including phenoxy) is 1. The minimum atomic E-state index is -0.196. The van der Waals surface area contributed by atoms with Crippen molar-refractivity contribution in [2.24, 2.45) is 10.7 Å². The van der Waals surface area contributed by atoms with Gasteiger partial charge < -0.3 is 10.5 Å². The summed E-state index contributed by atoms with van der Waals surface area (Å²) in [7, 11) is 3.20. The van der Waals surface area contributed by atoms with Crippen LogP contribution in [0.1, 0.15) is 5.56 Å². The third-order valence-corrected chi connectivity index (χ3v) is 2.52. The Morgan fingerprint density at radius 2 is 2.00 bits per heavy atom. The van der Waals surface area contributed by atoms with E-state index in [-0.39, 0.29) is 11.9 Å². The molecule has 17 heavy (non-hydrogen) atoms. The maximum atomic E-state index is 11.7. The Kier molecular flexibility index (Phi) is 2.82. The lowest BCUT2D eigenvalue weighted by Gasteiger charge is -2.05. The Labute approximate surface area is 99.2 Å². The van der Waals surface area contributed by atoms with Crippen LogP contribution in [0.5, 0.6) is 5.75 Å². The highest BCUT2D eigenvalue weighted by Crippen LogP contribution is 2.17. The number of hydrogen-bond acceptors (Lipinski definition) is 4. The van der Waals surface area contributed by atoms with Crippen molar-refractivity contribution in [3.05, 3.63) is 35.5 Å². The van der Waals surface area contributed by atoms with Gasteiger partial charge in [0.25, 0.3) is 5.91 Å². The number of nitrogens with two attached hydrogens (primary N) is 1. The van der Waals surface area contributed by atoms with Crippen LogP contribution in [-0.2, 0) is 4.79 Å². The van der Waals surface area contributed by atoms with Gasteiger partial charge in [-0.25, -0.2) is 4.99 Å². The van der Waals surface area contributed by atoms with E-state index < -0.39 is 0 Å². The van der Waals surface area contributed by atoms with E-state index >= 15 is 0 Å². The molecule has 0 spiro atoms. The predicted octanol–water partition coefficient (Wildman–Crippen LogP) is 0.823. The van der Waals surface area contributed by atoms with Crippen molar-refractivity contribution in [3.8, 4) is 5.75 Å². The van der Waals surface area contributed by atoms with Crippen molar-refractivity contribution in [3.63, 3.8) is 0 Å². The first kappa shape index (κ1) is 11.2. The van der Waals surface area contributed by atoms with Gasteiger partial charge in [0.1, 0.15) is 11.4 Å². The zero-order valence-corrected chi connectivity index (χ0v) is 9.68.